The van der Waals surface area contributed by atoms with Gasteiger partial charge in [-0.05, 0) is 58.4 Å². The molecule has 0 saturated carbocycles. The van der Waals surface area contributed by atoms with Crippen LogP contribution < -0.4 is 5.32 Å². The lowest BCUT2D eigenvalue weighted by molar-refractivity contribution is -0.122. The molecule has 3 rings (SSSR count). The zero-order valence-corrected chi connectivity index (χ0v) is 20.4. The summed E-state index contributed by atoms with van der Waals surface area (Å²) < 4.78 is 1.53. The molecule has 3 N–H and O–H groups in total. The number of amides is 2. The normalized spacial score (nSPS) is 14.9. The number of carboxylic acids is 1. The maximum absolute atomic E-state index is 12.7. The molecule has 1 aliphatic rings. The van der Waals surface area contributed by atoms with E-state index in [1.54, 1.807) is 18.2 Å². The SMILES string of the molecule is O=C(CCN1C(=O)/C(=C/c2cc(Br)cc(Br)c2O)SC1=S)Nc1ccc(C(=O)O)cc1. The first-order chi connectivity index (χ1) is 14.7. The minimum Gasteiger partial charge on any atom is -0.506 e. The Balaban J connectivity index is 1.64. The number of hydrogen-bond acceptors (Lipinski definition) is 6. The van der Waals surface area contributed by atoms with Crippen LogP contribution in [0.2, 0.25) is 0 Å². The van der Waals surface area contributed by atoms with E-state index < -0.39 is 5.97 Å². The molecule has 31 heavy (non-hydrogen) atoms. The molecule has 7 nitrogen and oxygen atoms in total. The topological polar surface area (TPSA) is 107 Å². The van der Waals surface area contributed by atoms with Crippen molar-refractivity contribution in [1.82, 2.24) is 4.90 Å². The first kappa shape index (κ1) is 23.5. The Morgan fingerprint density at radius 1 is 1.19 bits per heavy atom. The zero-order chi connectivity index (χ0) is 22.7. The number of nitrogens with one attached hydrogen (secondary N) is 1. The number of aromatic hydroxyl groups is 1. The third-order valence-electron chi connectivity index (χ3n) is 4.20. The molecule has 2 aromatic carbocycles. The second kappa shape index (κ2) is 9.94. The smallest absolute Gasteiger partial charge is 0.335 e. The van der Waals surface area contributed by atoms with Crippen molar-refractivity contribution in [2.24, 2.45) is 0 Å². The zero-order valence-electron chi connectivity index (χ0n) is 15.6. The minimum absolute atomic E-state index is 0.00163. The predicted molar refractivity (Wildman–Crippen MR) is 130 cm³/mol. The second-order valence-electron chi connectivity index (χ2n) is 6.34. The molecular formula is C20H14Br2N2O5S2. The largest absolute Gasteiger partial charge is 0.506 e. The van der Waals surface area contributed by atoms with Crippen LogP contribution in [-0.4, -0.2) is 43.8 Å². The standard InChI is InChI=1S/C20H14Br2N2O5S2/c21-12-7-11(17(26)14(22)9-12)8-15-18(27)24(20(30)31-15)6-5-16(25)23-13-3-1-10(2-4-13)19(28)29/h1-4,7-9,26H,5-6H2,(H,23,25)(H,28,29)/b15-8-. The summed E-state index contributed by atoms with van der Waals surface area (Å²) in [4.78, 5) is 37.5. The Labute approximate surface area is 203 Å². The molecule has 1 fully saturated rings. The van der Waals surface area contributed by atoms with Crippen LogP contribution in [-0.2, 0) is 9.59 Å². The first-order valence-corrected chi connectivity index (χ1v) is 11.5. The molecule has 0 atom stereocenters. The molecule has 0 aliphatic carbocycles. The molecule has 0 unspecified atom stereocenters. The van der Waals surface area contributed by atoms with Crippen molar-refractivity contribution in [3.8, 4) is 5.75 Å². The van der Waals surface area contributed by atoms with Crippen molar-refractivity contribution in [3.63, 3.8) is 0 Å². The average Bonchev–Trinajstić information content (AvgIpc) is 2.97. The number of hydrogen-bond donors (Lipinski definition) is 3. The van der Waals surface area contributed by atoms with Gasteiger partial charge in [0.2, 0.25) is 5.91 Å². The fraction of sp³-hybridized carbons (Fsp3) is 0.100. The maximum atomic E-state index is 12.7. The molecule has 0 spiro atoms. The number of halogens is 2. The summed E-state index contributed by atoms with van der Waals surface area (Å²) in [5.41, 5.74) is 1.02. The first-order valence-electron chi connectivity index (χ1n) is 8.72. The van der Waals surface area contributed by atoms with Crippen LogP contribution in [0, 0.1) is 0 Å². The fourth-order valence-electron chi connectivity index (χ4n) is 2.66. The molecule has 1 saturated heterocycles. The van der Waals surface area contributed by atoms with Gasteiger partial charge in [0, 0.05) is 28.7 Å². The highest BCUT2D eigenvalue weighted by atomic mass is 79.9. The summed E-state index contributed by atoms with van der Waals surface area (Å²) in [5, 5.41) is 21.8. The summed E-state index contributed by atoms with van der Waals surface area (Å²) in [7, 11) is 0. The van der Waals surface area contributed by atoms with E-state index in [0.29, 0.717) is 24.9 Å². The number of benzene rings is 2. The molecule has 160 valence electrons. The van der Waals surface area contributed by atoms with Crippen LogP contribution >= 0.6 is 55.8 Å². The lowest BCUT2D eigenvalue weighted by Gasteiger charge is -2.14. The Hall–Kier alpha value is -2.21. The van der Waals surface area contributed by atoms with Crippen molar-refractivity contribution in [2.45, 2.75) is 6.42 Å². The van der Waals surface area contributed by atoms with Gasteiger partial charge in [-0.15, -0.1) is 0 Å². The fourth-order valence-corrected chi connectivity index (χ4v) is 5.22. The van der Waals surface area contributed by atoms with Crippen LogP contribution in [0.3, 0.4) is 0 Å². The van der Waals surface area contributed by atoms with Crippen LogP contribution in [0.5, 0.6) is 5.75 Å². The Morgan fingerprint density at radius 3 is 2.52 bits per heavy atom. The van der Waals surface area contributed by atoms with Crippen molar-refractivity contribution in [2.75, 3.05) is 11.9 Å². The van der Waals surface area contributed by atoms with E-state index >= 15 is 0 Å². The Kier molecular flexibility index (Phi) is 7.52. The van der Waals surface area contributed by atoms with Crippen LogP contribution in [0.25, 0.3) is 6.08 Å². The Morgan fingerprint density at radius 2 is 1.87 bits per heavy atom. The van der Waals surface area contributed by atoms with Gasteiger partial charge in [0.05, 0.1) is 14.9 Å². The minimum atomic E-state index is -1.05. The molecule has 2 amide bonds. The molecule has 0 bridgehead atoms. The number of phenolic OH excluding ortho intramolecular Hbond substituents is 1. The van der Waals surface area contributed by atoms with E-state index in [1.807, 2.05) is 0 Å². The lowest BCUT2D eigenvalue weighted by atomic mass is 10.2. The quantitative estimate of drug-likeness (QED) is 0.329. The van der Waals surface area contributed by atoms with Gasteiger partial charge in [-0.1, -0.05) is 39.9 Å². The van der Waals surface area contributed by atoms with Crippen LogP contribution in [0.15, 0.2) is 50.2 Å². The van der Waals surface area contributed by atoms with E-state index in [9.17, 15) is 19.5 Å². The molecule has 0 aromatic heterocycles. The van der Waals surface area contributed by atoms with E-state index in [0.717, 1.165) is 16.2 Å². The second-order valence-corrected chi connectivity index (χ2v) is 9.79. The van der Waals surface area contributed by atoms with Crippen LogP contribution in [0.4, 0.5) is 5.69 Å². The van der Waals surface area contributed by atoms with Gasteiger partial charge in [0.15, 0.2) is 0 Å². The number of phenols is 1. The number of carbonyl (C=O) groups excluding carboxylic acids is 2. The van der Waals surface area contributed by atoms with E-state index in [2.05, 4.69) is 37.2 Å². The van der Waals surface area contributed by atoms with E-state index in [4.69, 9.17) is 17.3 Å². The van der Waals surface area contributed by atoms with Crippen molar-refractivity contribution >= 4 is 89.7 Å². The monoisotopic (exact) mass is 584 g/mol. The maximum Gasteiger partial charge on any atom is 0.335 e. The van der Waals surface area contributed by atoms with Gasteiger partial charge in [-0.25, -0.2) is 4.79 Å². The van der Waals surface area contributed by atoms with Crippen molar-refractivity contribution < 1.29 is 24.6 Å². The highest BCUT2D eigenvalue weighted by molar-refractivity contribution is 9.11. The van der Waals surface area contributed by atoms with E-state index in [-0.39, 0.29) is 36.1 Å². The molecular weight excluding hydrogens is 572 g/mol. The Bertz CT molecular complexity index is 1120. The number of thiocarbonyl (C=S) groups is 1. The third-order valence-corrected chi connectivity index (χ3v) is 6.64. The number of carboxylic acid groups (broad SMARTS) is 1. The average molecular weight is 586 g/mol. The van der Waals surface area contributed by atoms with Crippen molar-refractivity contribution in [1.29, 1.82) is 0 Å². The third kappa shape index (κ3) is 5.73. The highest BCUT2D eigenvalue weighted by Gasteiger charge is 2.32. The predicted octanol–water partition coefficient (Wildman–Crippen LogP) is 4.85. The summed E-state index contributed by atoms with van der Waals surface area (Å²) in [6, 6.07) is 9.13. The van der Waals surface area contributed by atoms with E-state index in [1.165, 1.54) is 29.2 Å². The summed E-state index contributed by atoms with van der Waals surface area (Å²) >= 11 is 13.0. The number of carbonyl (C=O) groups is 3. The molecule has 1 aliphatic heterocycles. The summed E-state index contributed by atoms with van der Waals surface area (Å²) in [5.74, 6) is -1.73. The molecule has 2 aromatic rings. The number of rotatable bonds is 6. The van der Waals surface area contributed by atoms with Gasteiger partial charge in [-0.2, -0.15) is 0 Å². The van der Waals surface area contributed by atoms with Gasteiger partial charge < -0.3 is 15.5 Å². The molecule has 0 radical (unpaired) electrons. The molecule has 1 heterocycles. The lowest BCUT2D eigenvalue weighted by Crippen LogP contribution is -2.31. The van der Waals surface area contributed by atoms with Gasteiger partial charge in [0.1, 0.15) is 10.1 Å². The number of aromatic carboxylic acids is 1. The number of nitrogens with zero attached hydrogens (tertiary/aromatic N) is 1. The van der Waals surface area contributed by atoms with Gasteiger partial charge in [-0.3, -0.25) is 14.5 Å². The number of anilines is 1. The highest BCUT2D eigenvalue weighted by Crippen LogP contribution is 2.37. The number of thioether (sulfide) groups is 1. The van der Waals surface area contributed by atoms with Crippen LogP contribution in [0.1, 0.15) is 22.3 Å². The summed E-state index contributed by atoms with van der Waals surface area (Å²) in [6.07, 6.45) is 1.56. The summed E-state index contributed by atoms with van der Waals surface area (Å²) in [6.45, 7) is 0.0925. The van der Waals surface area contributed by atoms with Gasteiger partial charge in [0.25, 0.3) is 5.91 Å². The van der Waals surface area contributed by atoms with Crippen molar-refractivity contribution in [3.05, 3.63) is 61.4 Å². The van der Waals surface area contributed by atoms with Gasteiger partial charge >= 0.3 is 5.97 Å². The molecule has 11 heteroatoms.